The minimum Gasteiger partial charge on any atom is -0.480 e. The highest BCUT2D eigenvalue weighted by Crippen LogP contribution is 2.40. The largest absolute Gasteiger partial charge is 0.480 e. The second kappa shape index (κ2) is 7.04. The Morgan fingerprint density at radius 2 is 1.76 bits per heavy atom. The Morgan fingerprint density at radius 1 is 1.12 bits per heavy atom. The maximum Gasteiger partial charge on any atom is 0.323 e. The number of carboxylic acid groups (broad SMARTS) is 1. The number of thiol groups is 1. The number of nitro groups is 1. The second-order valence-corrected chi connectivity index (χ2v) is 6.69. The molecule has 25 heavy (non-hydrogen) atoms. The lowest BCUT2D eigenvalue weighted by Gasteiger charge is -2.02. The van der Waals surface area contributed by atoms with Crippen LogP contribution in [0.5, 0.6) is 0 Å². The molecule has 6 nitrogen and oxygen atoms in total. The fourth-order valence-corrected chi connectivity index (χ4v) is 3.57. The molecular formula is C17H12N2O4S2. The number of hydrogen-bond acceptors (Lipinski definition) is 6. The molecule has 3 rings (SSSR count). The number of carbonyl (C=O) groups is 1. The van der Waals surface area contributed by atoms with Crippen LogP contribution in [0.4, 0.5) is 5.69 Å². The van der Waals surface area contributed by atoms with E-state index in [1.54, 1.807) is 12.1 Å². The monoisotopic (exact) mass is 372 g/mol. The van der Waals surface area contributed by atoms with Gasteiger partial charge in [-0.1, -0.05) is 30.3 Å². The lowest BCUT2D eigenvalue weighted by Crippen LogP contribution is -2.04. The van der Waals surface area contributed by atoms with Gasteiger partial charge in [0, 0.05) is 17.7 Å². The van der Waals surface area contributed by atoms with E-state index < -0.39 is 16.1 Å². The van der Waals surface area contributed by atoms with Crippen LogP contribution in [0, 0.1) is 10.1 Å². The Bertz CT molecular complexity index is 924. The number of non-ortho nitro benzene ring substituents is 1. The van der Waals surface area contributed by atoms with Crippen LogP contribution in [0.1, 0.15) is 10.3 Å². The van der Waals surface area contributed by atoms with Gasteiger partial charge in [0.15, 0.2) is 5.25 Å². The molecule has 1 atom stereocenters. The summed E-state index contributed by atoms with van der Waals surface area (Å²) in [4.78, 5) is 26.8. The number of carboxylic acids is 1. The first-order chi connectivity index (χ1) is 12.0. The molecule has 0 saturated heterocycles. The molecular weight excluding hydrogens is 360 g/mol. The first-order valence-corrected chi connectivity index (χ1v) is 8.52. The van der Waals surface area contributed by atoms with Crippen molar-refractivity contribution in [3.63, 3.8) is 0 Å². The van der Waals surface area contributed by atoms with Gasteiger partial charge in [-0.25, -0.2) is 4.98 Å². The minimum atomic E-state index is -1.08. The highest BCUT2D eigenvalue weighted by atomic mass is 32.1. The number of thiazole rings is 1. The van der Waals surface area contributed by atoms with Crippen LogP contribution in [0.2, 0.25) is 0 Å². The van der Waals surface area contributed by atoms with Gasteiger partial charge in [0.05, 0.1) is 15.5 Å². The quantitative estimate of drug-likeness (QED) is 0.392. The third kappa shape index (κ3) is 3.54. The molecule has 0 fully saturated rings. The van der Waals surface area contributed by atoms with E-state index >= 15 is 0 Å². The van der Waals surface area contributed by atoms with Crippen LogP contribution in [0.15, 0.2) is 54.6 Å². The molecule has 1 heterocycles. The van der Waals surface area contributed by atoms with Crippen LogP contribution in [0.3, 0.4) is 0 Å². The standard InChI is InChI=1S/C17H12N2O4S2/c20-17(21)14(24)16-18-13(10-4-2-1-3-5-10)15(25-16)11-6-8-12(9-7-11)19(22)23/h1-9,14,24H,(H,20,21). The Morgan fingerprint density at radius 3 is 2.32 bits per heavy atom. The summed E-state index contributed by atoms with van der Waals surface area (Å²) >= 11 is 5.32. The lowest BCUT2D eigenvalue weighted by molar-refractivity contribution is -0.384. The summed E-state index contributed by atoms with van der Waals surface area (Å²) in [5.74, 6) is -1.08. The predicted octanol–water partition coefficient (Wildman–Crippen LogP) is 4.44. The van der Waals surface area contributed by atoms with Crippen molar-refractivity contribution in [2.45, 2.75) is 5.25 Å². The summed E-state index contributed by atoms with van der Waals surface area (Å²) in [6.07, 6.45) is 0. The molecule has 0 spiro atoms. The van der Waals surface area contributed by atoms with Crippen LogP contribution < -0.4 is 0 Å². The van der Waals surface area contributed by atoms with Gasteiger partial charge < -0.3 is 5.11 Å². The molecule has 0 aliphatic rings. The summed E-state index contributed by atoms with van der Waals surface area (Å²) in [6, 6.07) is 15.5. The van der Waals surface area contributed by atoms with Crippen molar-refractivity contribution in [1.29, 1.82) is 0 Å². The number of benzene rings is 2. The third-order valence-electron chi connectivity index (χ3n) is 3.50. The van der Waals surface area contributed by atoms with E-state index in [4.69, 9.17) is 0 Å². The predicted molar refractivity (Wildman–Crippen MR) is 99.0 cm³/mol. The molecule has 8 heteroatoms. The minimum absolute atomic E-state index is 0.00708. The Labute approximate surface area is 152 Å². The highest BCUT2D eigenvalue weighted by molar-refractivity contribution is 7.81. The van der Waals surface area contributed by atoms with Crippen molar-refractivity contribution < 1.29 is 14.8 Å². The molecule has 1 N–H and O–H groups in total. The van der Waals surface area contributed by atoms with Crippen molar-refractivity contribution >= 4 is 35.6 Å². The van der Waals surface area contributed by atoms with E-state index in [1.807, 2.05) is 30.3 Å². The van der Waals surface area contributed by atoms with Crippen LogP contribution in [-0.2, 0) is 4.79 Å². The topological polar surface area (TPSA) is 93.3 Å². The molecule has 0 saturated carbocycles. The molecule has 0 bridgehead atoms. The summed E-state index contributed by atoms with van der Waals surface area (Å²) in [6.45, 7) is 0. The number of hydrogen-bond donors (Lipinski definition) is 2. The van der Waals surface area contributed by atoms with E-state index in [2.05, 4.69) is 17.6 Å². The van der Waals surface area contributed by atoms with E-state index in [0.29, 0.717) is 10.7 Å². The molecule has 3 aromatic rings. The summed E-state index contributed by atoms with van der Waals surface area (Å²) in [5, 5.41) is 19.4. The van der Waals surface area contributed by atoms with Gasteiger partial charge in [0.25, 0.3) is 5.69 Å². The average Bonchev–Trinajstić information content (AvgIpc) is 3.07. The first kappa shape index (κ1) is 17.1. The molecule has 1 unspecified atom stereocenters. The van der Waals surface area contributed by atoms with Gasteiger partial charge in [-0.2, -0.15) is 12.6 Å². The molecule has 0 aliphatic carbocycles. The summed E-state index contributed by atoms with van der Waals surface area (Å²) in [5.41, 5.74) is 2.20. The molecule has 0 aliphatic heterocycles. The summed E-state index contributed by atoms with van der Waals surface area (Å²) in [7, 11) is 0. The Hall–Kier alpha value is -2.71. The smallest absolute Gasteiger partial charge is 0.323 e. The van der Waals surface area contributed by atoms with E-state index in [-0.39, 0.29) is 5.69 Å². The first-order valence-electron chi connectivity index (χ1n) is 7.19. The maximum absolute atomic E-state index is 11.2. The van der Waals surface area contributed by atoms with Gasteiger partial charge in [-0.15, -0.1) is 11.3 Å². The van der Waals surface area contributed by atoms with Crippen molar-refractivity contribution in [1.82, 2.24) is 4.98 Å². The van der Waals surface area contributed by atoms with Gasteiger partial charge in [-0.3, -0.25) is 14.9 Å². The van der Waals surface area contributed by atoms with Crippen LogP contribution in [-0.4, -0.2) is 21.0 Å². The molecule has 126 valence electrons. The fraction of sp³-hybridized carbons (Fsp3) is 0.0588. The van der Waals surface area contributed by atoms with Crippen molar-refractivity contribution in [3.8, 4) is 21.7 Å². The van der Waals surface area contributed by atoms with Crippen molar-refractivity contribution in [3.05, 3.63) is 69.7 Å². The van der Waals surface area contributed by atoms with Gasteiger partial charge in [0.2, 0.25) is 0 Å². The molecule has 0 amide bonds. The SMILES string of the molecule is O=C(O)C(S)c1nc(-c2ccccc2)c(-c2ccc([N+](=O)[O-])cc2)s1. The second-order valence-electron chi connectivity index (χ2n) is 5.14. The number of aromatic nitrogens is 1. The molecule has 1 aromatic heterocycles. The normalized spacial score (nSPS) is 11.9. The number of nitro benzene ring substituents is 1. The summed E-state index contributed by atoms with van der Waals surface area (Å²) < 4.78 is 0. The highest BCUT2D eigenvalue weighted by Gasteiger charge is 2.23. The van der Waals surface area contributed by atoms with E-state index in [0.717, 1.165) is 16.0 Å². The Kier molecular flexibility index (Phi) is 4.82. The zero-order chi connectivity index (χ0) is 18.0. The van der Waals surface area contributed by atoms with Gasteiger partial charge in [0.1, 0.15) is 5.01 Å². The Balaban J connectivity index is 2.13. The fourth-order valence-electron chi connectivity index (χ4n) is 2.28. The third-order valence-corrected chi connectivity index (χ3v) is 5.31. The zero-order valence-electron chi connectivity index (χ0n) is 12.7. The van der Waals surface area contributed by atoms with Crippen molar-refractivity contribution in [2.75, 3.05) is 0 Å². The lowest BCUT2D eigenvalue weighted by atomic mass is 10.1. The molecule has 2 aromatic carbocycles. The zero-order valence-corrected chi connectivity index (χ0v) is 14.4. The van der Waals surface area contributed by atoms with Gasteiger partial charge >= 0.3 is 5.97 Å². The number of aliphatic carboxylic acids is 1. The van der Waals surface area contributed by atoms with E-state index in [1.165, 1.54) is 23.5 Å². The number of nitrogens with zero attached hydrogens (tertiary/aromatic N) is 2. The number of rotatable bonds is 5. The van der Waals surface area contributed by atoms with Crippen LogP contribution >= 0.6 is 24.0 Å². The van der Waals surface area contributed by atoms with Crippen molar-refractivity contribution in [2.24, 2.45) is 0 Å². The maximum atomic E-state index is 11.2. The average molecular weight is 372 g/mol. The van der Waals surface area contributed by atoms with E-state index in [9.17, 15) is 20.0 Å². The van der Waals surface area contributed by atoms with Gasteiger partial charge in [-0.05, 0) is 17.7 Å². The van der Waals surface area contributed by atoms with Crippen LogP contribution in [0.25, 0.3) is 21.7 Å². The molecule has 0 radical (unpaired) electrons.